The Morgan fingerprint density at radius 2 is 1.89 bits per heavy atom. The number of nitrogens with one attached hydrogen (secondary N) is 1. The highest BCUT2D eigenvalue weighted by Crippen LogP contribution is 2.47. The van der Waals surface area contributed by atoms with Crippen molar-refractivity contribution in [1.82, 2.24) is 5.43 Å². The van der Waals surface area contributed by atoms with Gasteiger partial charge in [-0.25, -0.2) is 5.43 Å². The number of carbonyl (C=O) groups excluding carboxylic acids is 1. The van der Waals surface area contributed by atoms with Crippen LogP contribution < -0.4 is 5.43 Å². The lowest BCUT2D eigenvalue weighted by Crippen LogP contribution is -2.29. The summed E-state index contributed by atoms with van der Waals surface area (Å²) in [6, 6.07) is 0. The first-order chi connectivity index (χ1) is 8.83. The van der Waals surface area contributed by atoms with E-state index < -0.39 is 0 Å². The van der Waals surface area contributed by atoms with E-state index in [0.29, 0.717) is 5.92 Å². The van der Waals surface area contributed by atoms with Crippen molar-refractivity contribution in [1.29, 1.82) is 0 Å². The first-order valence-electron chi connectivity index (χ1n) is 7.66. The second kappa shape index (κ2) is 5.41. The van der Waals surface area contributed by atoms with E-state index >= 15 is 0 Å². The highest BCUT2D eigenvalue weighted by atomic mass is 16.2. The molecule has 1 N–H and O–H groups in total. The van der Waals surface area contributed by atoms with E-state index in [4.69, 9.17) is 0 Å². The van der Waals surface area contributed by atoms with Gasteiger partial charge in [0, 0.05) is 12.1 Å². The minimum Gasteiger partial charge on any atom is -0.273 e. The zero-order chi connectivity index (χ0) is 12.4. The summed E-state index contributed by atoms with van der Waals surface area (Å²) in [4.78, 5) is 11.9. The van der Waals surface area contributed by atoms with E-state index in [9.17, 15) is 4.79 Å². The van der Waals surface area contributed by atoms with E-state index in [2.05, 4.69) is 10.5 Å². The molecule has 0 radical (unpaired) electrons. The third-order valence-corrected chi connectivity index (χ3v) is 5.21. The van der Waals surface area contributed by atoms with Crippen LogP contribution in [0.2, 0.25) is 0 Å². The maximum absolute atomic E-state index is 11.9. The van der Waals surface area contributed by atoms with E-state index in [1.165, 1.54) is 44.9 Å². The lowest BCUT2D eigenvalue weighted by molar-refractivity contribution is -0.125. The molecule has 18 heavy (non-hydrogen) atoms. The molecule has 0 aliphatic heterocycles. The number of hydrogen-bond acceptors (Lipinski definition) is 2. The molecule has 0 aromatic carbocycles. The van der Waals surface area contributed by atoms with Crippen molar-refractivity contribution in [2.45, 2.75) is 57.8 Å². The minimum absolute atomic E-state index is 0.147. The Morgan fingerprint density at radius 3 is 2.56 bits per heavy atom. The molecule has 3 nitrogen and oxygen atoms in total. The normalized spacial score (nSPS) is 36.3. The lowest BCUT2D eigenvalue weighted by atomic mass is 9.89. The smallest absolute Gasteiger partial charge is 0.243 e. The van der Waals surface area contributed by atoms with Crippen molar-refractivity contribution in [2.75, 3.05) is 0 Å². The number of hydrogen-bond donors (Lipinski definition) is 1. The van der Waals surface area contributed by atoms with Crippen LogP contribution in [0.25, 0.3) is 0 Å². The molecule has 3 heteroatoms. The van der Waals surface area contributed by atoms with Crippen molar-refractivity contribution in [2.24, 2.45) is 28.8 Å². The fourth-order valence-corrected chi connectivity index (χ4v) is 4.13. The molecule has 3 fully saturated rings. The molecule has 0 heterocycles. The van der Waals surface area contributed by atoms with Crippen molar-refractivity contribution < 1.29 is 4.79 Å². The molecular formula is C15H24N2O. The van der Waals surface area contributed by atoms with Crippen LogP contribution in [-0.4, -0.2) is 12.1 Å². The summed E-state index contributed by atoms with van der Waals surface area (Å²) in [5.41, 5.74) is 2.77. The Balaban J connectivity index is 1.44. The zero-order valence-electron chi connectivity index (χ0n) is 11.1. The number of rotatable bonds is 3. The SMILES string of the molecule is O=C(NN=CC1CC2CCC1C2)C1CCCCC1. The van der Waals surface area contributed by atoms with E-state index in [-0.39, 0.29) is 11.8 Å². The van der Waals surface area contributed by atoms with Gasteiger partial charge >= 0.3 is 0 Å². The highest BCUT2D eigenvalue weighted by Gasteiger charge is 2.38. The third-order valence-electron chi connectivity index (χ3n) is 5.21. The van der Waals surface area contributed by atoms with Crippen molar-refractivity contribution in [3.05, 3.63) is 0 Å². The predicted molar refractivity (Wildman–Crippen MR) is 72.1 cm³/mol. The monoisotopic (exact) mass is 248 g/mol. The van der Waals surface area contributed by atoms with Crippen LogP contribution in [0.1, 0.15) is 57.8 Å². The molecule has 2 bridgehead atoms. The van der Waals surface area contributed by atoms with Gasteiger partial charge in [0.2, 0.25) is 5.91 Å². The lowest BCUT2D eigenvalue weighted by Gasteiger charge is -2.20. The van der Waals surface area contributed by atoms with Crippen molar-refractivity contribution >= 4 is 12.1 Å². The van der Waals surface area contributed by atoms with Gasteiger partial charge in [-0.2, -0.15) is 5.10 Å². The molecule has 3 aliphatic rings. The topological polar surface area (TPSA) is 41.5 Å². The van der Waals surface area contributed by atoms with Crippen LogP contribution in [0.5, 0.6) is 0 Å². The maximum Gasteiger partial charge on any atom is 0.243 e. The molecule has 3 aliphatic carbocycles. The van der Waals surface area contributed by atoms with Crippen LogP contribution in [0, 0.1) is 23.7 Å². The molecular weight excluding hydrogens is 224 g/mol. The van der Waals surface area contributed by atoms with Gasteiger partial charge in [-0.3, -0.25) is 4.79 Å². The van der Waals surface area contributed by atoms with Gasteiger partial charge in [-0.05, 0) is 49.9 Å². The van der Waals surface area contributed by atoms with E-state index in [0.717, 1.165) is 24.7 Å². The summed E-state index contributed by atoms with van der Waals surface area (Å²) in [6.07, 6.45) is 13.3. The summed E-state index contributed by atoms with van der Waals surface area (Å²) in [5.74, 6) is 2.80. The van der Waals surface area contributed by atoms with Gasteiger partial charge in [0.05, 0.1) is 0 Å². The molecule has 3 rings (SSSR count). The number of nitrogens with zero attached hydrogens (tertiary/aromatic N) is 1. The summed E-state index contributed by atoms with van der Waals surface area (Å²) in [6.45, 7) is 0. The summed E-state index contributed by atoms with van der Waals surface area (Å²) in [5, 5.41) is 4.22. The molecule has 0 saturated heterocycles. The minimum atomic E-state index is 0.147. The van der Waals surface area contributed by atoms with Crippen molar-refractivity contribution in [3.63, 3.8) is 0 Å². The summed E-state index contributed by atoms with van der Waals surface area (Å²) >= 11 is 0. The molecule has 0 spiro atoms. The van der Waals surface area contributed by atoms with Crippen LogP contribution >= 0.6 is 0 Å². The molecule has 100 valence electrons. The Kier molecular flexibility index (Phi) is 3.67. The van der Waals surface area contributed by atoms with Crippen LogP contribution in [-0.2, 0) is 4.79 Å². The molecule has 3 saturated carbocycles. The molecule has 3 atom stereocenters. The Hall–Kier alpha value is -0.860. The fraction of sp³-hybridized carbons (Fsp3) is 0.867. The maximum atomic E-state index is 11.9. The van der Waals surface area contributed by atoms with Crippen LogP contribution in [0.3, 0.4) is 0 Å². The Labute approximate surface area is 109 Å². The second-order valence-corrected chi connectivity index (χ2v) is 6.43. The second-order valence-electron chi connectivity index (χ2n) is 6.43. The quantitative estimate of drug-likeness (QED) is 0.605. The zero-order valence-corrected chi connectivity index (χ0v) is 11.1. The van der Waals surface area contributed by atoms with Gasteiger partial charge in [0.15, 0.2) is 0 Å². The molecule has 1 amide bonds. The number of fused-ring (bicyclic) bond motifs is 2. The van der Waals surface area contributed by atoms with Gasteiger partial charge < -0.3 is 0 Å². The number of carbonyl (C=O) groups is 1. The first-order valence-corrected chi connectivity index (χ1v) is 7.66. The molecule has 0 aromatic rings. The van der Waals surface area contributed by atoms with Gasteiger partial charge in [0.25, 0.3) is 0 Å². The predicted octanol–water partition coefficient (Wildman–Crippen LogP) is 3.10. The fourth-order valence-electron chi connectivity index (χ4n) is 4.13. The van der Waals surface area contributed by atoms with Crippen molar-refractivity contribution in [3.8, 4) is 0 Å². The molecule has 0 aromatic heterocycles. The average Bonchev–Trinajstić information content (AvgIpc) is 3.02. The van der Waals surface area contributed by atoms with E-state index in [1.54, 1.807) is 0 Å². The van der Waals surface area contributed by atoms with Crippen LogP contribution in [0.4, 0.5) is 0 Å². The van der Waals surface area contributed by atoms with Gasteiger partial charge in [-0.15, -0.1) is 0 Å². The standard InChI is InChI=1S/C15H24N2O/c18-15(12-4-2-1-3-5-12)17-16-10-14-9-11-6-7-13(14)8-11/h10-14H,1-9H2,(H,17,18). The molecule has 3 unspecified atom stereocenters. The van der Waals surface area contributed by atoms with E-state index in [1.807, 2.05) is 6.21 Å². The average molecular weight is 248 g/mol. The Bertz CT molecular complexity index is 333. The third kappa shape index (κ3) is 2.60. The number of hydrazone groups is 1. The van der Waals surface area contributed by atoms with Gasteiger partial charge in [0.1, 0.15) is 0 Å². The van der Waals surface area contributed by atoms with Crippen LogP contribution in [0.15, 0.2) is 5.10 Å². The first kappa shape index (κ1) is 12.2. The summed E-state index contributed by atoms with van der Waals surface area (Å²) < 4.78 is 0. The van der Waals surface area contributed by atoms with Gasteiger partial charge in [-0.1, -0.05) is 25.7 Å². The largest absolute Gasteiger partial charge is 0.273 e. The number of amides is 1. The Morgan fingerprint density at radius 1 is 1.06 bits per heavy atom. The highest BCUT2D eigenvalue weighted by molar-refractivity contribution is 5.79. The summed E-state index contributed by atoms with van der Waals surface area (Å²) in [7, 11) is 0.